The van der Waals surface area contributed by atoms with Gasteiger partial charge in [-0.1, -0.05) is 20.8 Å². The van der Waals surface area contributed by atoms with Gasteiger partial charge in [0, 0.05) is 36.6 Å². The third kappa shape index (κ3) is 12.6. The van der Waals surface area contributed by atoms with Gasteiger partial charge in [-0.2, -0.15) is 0 Å². The molecular weight excluding hydrogens is 466 g/mol. The SMILES string of the molecule is CC.CCCN(CCCNC(=O)Nc1nc(C)cc(=O)[nH]1)CCCNC(=O)Nc1nc(C)cc(=O)[nH]1. The number of anilines is 2. The average Bonchev–Trinajstić information content (AvgIpc) is 2.79. The molecule has 0 aliphatic heterocycles. The van der Waals surface area contributed by atoms with E-state index in [1.165, 1.54) is 12.1 Å². The van der Waals surface area contributed by atoms with E-state index < -0.39 is 12.1 Å². The highest BCUT2D eigenvalue weighted by Gasteiger charge is 2.08. The Morgan fingerprint density at radius 2 is 1.22 bits per heavy atom. The minimum absolute atomic E-state index is 0.108. The number of hydrogen-bond donors (Lipinski definition) is 6. The third-order valence-electron chi connectivity index (χ3n) is 4.62. The minimum Gasteiger partial charge on any atom is -0.338 e. The average molecular weight is 506 g/mol. The summed E-state index contributed by atoms with van der Waals surface area (Å²) in [5.74, 6) is 0.215. The van der Waals surface area contributed by atoms with Crippen molar-refractivity contribution in [1.29, 1.82) is 0 Å². The van der Waals surface area contributed by atoms with Gasteiger partial charge >= 0.3 is 12.1 Å². The molecule has 4 amide bonds. The Morgan fingerprint density at radius 3 is 1.58 bits per heavy atom. The first-order chi connectivity index (χ1) is 17.2. The van der Waals surface area contributed by atoms with Crippen LogP contribution in [0.15, 0.2) is 21.7 Å². The van der Waals surface area contributed by atoms with Crippen LogP contribution < -0.4 is 32.4 Å². The Balaban J connectivity index is 0.00000316. The highest BCUT2D eigenvalue weighted by atomic mass is 16.2. The first-order valence-corrected chi connectivity index (χ1v) is 12.2. The molecule has 2 heterocycles. The summed E-state index contributed by atoms with van der Waals surface area (Å²) >= 11 is 0. The molecule has 0 bridgehead atoms. The molecule has 0 aliphatic carbocycles. The lowest BCUT2D eigenvalue weighted by Gasteiger charge is -2.21. The lowest BCUT2D eigenvalue weighted by Crippen LogP contribution is -2.35. The van der Waals surface area contributed by atoms with Crippen molar-refractivity contribution in [1.82, 2.24) is 35.5 Å². The van der Waals surface area contributed by atoms with Gasteiger partial charge in [-0.25, -0.2) is 19.6 Å². The zero-order valence-corrected chi connectivity index (χ0v) is 21.8. The Bertz CT molecular complexity index is 987. The first kappa shape index (κ1) is 30.3. The van der Waals surface area contributed by atoms with Crippen LogP contribution in [0.3, 0.4) is 0 Å². The Labute approximate surface area is 210 Å². The molecule has 200 valence electrons. The fourth-order valence-corrected chi connectivity index (χ4v) is 3.24. The van der Waals surface area contributed by atoms with Gasteiger partial charge < -0.3 is 15.5 Å². The van der Waals surface area contributed by atoms with Crippen LogP contribution in [0.5, 0.6) is 0 Å². The van der Waals surface area contributed by atoms with Crippen molar-refractivity contribution in [3.05, 3.63) is 44.2 Å². The summed E-state index contributed by atoms with van der Waals surface area (Å²) < 4.78 is 0. The van der Waals surface area contributed by atoms with Crippen LogP contribution in [0.1, 0.15) is 51.4 Å². The quantitative estimate of drug-likeness (QED) is 0.239. The van der Waals surface area contributed by atoms with Crippen LogP contribution in [0.2, 0.25) is 0 Å². The van der Waals surface area contributed by atoms with Crippen LogP contribution in [0.25, 0.3) is 0 Å². The second-order valence-electron chi connectivity index (χ2n) is 7.78. The van der Waals surface area contributed by atoms with Crippen molar-refractivity contribution < 1.29 is 9.59 Å². The van der Waals surface area contributed by atoms with Crippen LogP contribution in [0.4, 0.5) is 21.5 Å². The molecule has 0 aliphatic rings. The highest BCUT2D eigenvalue weighted by molar-refractivity contribution is 5.87. The van der Waals surface area contributed by atoms with E-state index in [1.54, 1.807) is 13.8 Å². The van der Waals surface area contributed by atoms with Crippen LogP contribution in [-0.4, -0.2) is 69.6 Å². The van der Waals surface area contributed by atoms with Gasteiger partial charge in [-0.3, -0.25) is 30.2 Å². The number of nitrogens with one attached hydrogen (secondary N) is 6. The third-order valence-corrected chi connectivity index (χ3v) is 4.62. The Kier molecular flexibility index (Phi) is 14.1. The molecule has 0 radical (unpaired) electrons. The van der Waals surface area contributed by atoms with Crippen molar-refractivity contribution in [2.45, 2.75) is 53.9 Å². The van der Waals surface area contributed by atoms with E-state index in [2.05, 4.69) is 53.0 Å². The predicted molar refractivity (Wildman–Crippen MR) is 141 cm³/mol. The maximum atomic E-state index is 12.0. The number of aromatic nitrogens is 4. The molecule has 0 saturated carbocycles. The van der Waals surface area contributed by atoms with Gasteiger partial charge in [0.15, 0.2) is 0 Å². The zero-order chi connectivity index (χ0) is 26.9. The number of aromatic amines is 2. The Morgan fingerprint density at radius 1 is 0.806 bits per heavy atom. The normalized spacial score (nSPS) is 10.3. The minimum atomic E-state index is -0.435. The van der Waals surface area contributed by atoms with Crippen molar-refractivity contribution in [2.24, 2.45) is 0 Å². The molecule has 0 saturated heterocycles. The van der Waals surface area contributed by atoms with Crippen molar-refractivity contribution >= 4 is 24.0 Å². The van der Waals surface area contributed by atoms with E-state index in [0.29, 0.717) is 24.5 Å². The lowest BCUT2D eigenvalue weighted by molar-refractivity contribution is 0.245. The first-order valence-electron chi connectivity index (χ1n) is 12.2. The number of hydrogen-bond acceptors (Lipinski definition) is 7. The van der Waals surface area contributed by atoms with E-state index >= 15 is 0 Å². The fraction of sp³-hybridized carbons (Fsp3) is 0.565. The fourth-order valence-electron chi connectivity index (χ4n) is 3.24. The van der Waals surface area contributed by atoms with Gasteiger partial charge in [0.2, 0.25) is 11.9 Å². The summed E-state index contributed by atoms with van der Waals surface area (Å²) in [6, 6.07) is 1.82. The summed E-state index contributed by atoms with van der Waals surface area (Å²) in [4.78, 5) is 62.1. The second-order valence-corrected chi connectivity index (χ2v) is 7.78. The largest absolute Gasteiger partial charge is 0.338 e. The summed E-state index contributed by atoms with van der Waals surface area (Å²) in [5.41, 5.74) is 0.379. The Hall–Kier alpha value is -3.74. The van der Waals surface area contributed by atoms with Crippen LogP contribution in [0, 0.1) is 13.8 Å². The summed E-state index contributed by atoms with van der Waals surface area (Å²) in [6.07, 6.45) is 2.47. The number of urea groups is 2. The number of nitrogens with zero attached hydrogens (tertiary/aromatic N) is 3. The number of amides is 4. The molecule has 0 aromatic carbocycles. The molecule has 36 heavy (non-hydrogen) atoms. The molecule has 2 rings (SSSR count). The topological polar surface area (TPSA) is 177 Å². The van der Waals surface area contributed by atoms with Crippen molar-refractivity contribution in [3.8, 4) is 0 Å². The number of H-pyrrole nitrogens is 2. The van der Waals surface area contributed by atoms with E-state index in [1.807, 2.05) is 13.8 Å². The molecule has 2 aromatic rings. The molecule has 13 heteroatoms. The maximum Gasteiger partial charge on any atom is 0.321 e. The predicted octanol–water partition coefficient (Wildman–Crippen LogP) is 1.93. The van der Waals surface area contributed by atoms with Gasteiger partial charge in [0.05, 0.1) is 0 Å². The van der Waals surface area contributed by atoms with E-state index in [0.717, 1.165) is 38.9 Å². The smallest absolute Gasteiger partial charge is 0.321 e. The molecule has 2 aromatic heterocycles. The second kappa shape index (κ2) is 16.8. The molecule has 6 N–H and O–H groups in total. The molecule has 0 unspecified atom stereocenters. The van der Waals surface area contributed by atoms with Gasteiger partial charge in [0.25, 0.3) is 11.1 Å². The number of carbonyl (C=O) groups excluding carboxylic acids is 2. The highest BCUT2D eigenvalue weighted by Crippen LogP contribution is 1.99. The van der Waals surface area contributed by atoms with Crippen LogP contribution >= 0.6 is 0 Å². The van der Waals surface area contributed by atoms with Crippen molar-refractivity contribution in [2.75, 3.05) is 43.4 Å². The summed E-state index contributed by atoms with van der Waals surface area (Å²) in [7, 11) is 0. The molecule has 0 atom stereocenters. The van der Waals surface area contributed by atoms with E-state index in [-0.39, 0.29) is 23.0 Å². The van der Waals surface area contributed by atoms with Gasteiger partial charge in [0.1, 0.15) is 0 Å². The van der Waals surface area contributed by atoms with Gasteiger partial charge in [-0.15, -0.1) is 0 Å². The maximum absolute atomic E-state index is 12.0. The number of carbonyl (C=O) groups is 2. The van der Waals surface area contributed by atoms with Gasteiger partial charge in [-0.05, 0) is 52.7 Å². The molecular formula is C23H39N9O4. The molecule has 13 nitrogen and oxygen atoms in total. The molecule has 0 fully saturated rings. The monoisotopic (exact) mass is 505 g/mol. The standard InChI is InChI=1S/C21H33N9O4.C2H6/c1-4-9-30(10-5-7-22-20(33)28-18-24-14(2)12-16(31)26-18)11-6-8-23-21(34)29-19-25-15(3)13-17(32)27-19;1-2/h12-13H,4-11H2,1-3H3,(H3,22,24,26,28,31,33)(H3,23,25,27,29,32,34);1-2H3. The lowest BCUT2D eigenvalue weighted by atomic mass is 10.3. The van der Waals surface area contributed by atoms with E-state index in [9.17, 15) is 19.2 Å². The number of aryl methyl sites for hydroxylation is 2. The van der Waals surface area contributed by atoms with E-state index in [4.69, 9.17) is 0 Å². The van der Waals surface area contributed by atoms with Crippen LogP contribution in [-0.2, 0) is 0 Å². The molecule has 0 spiro atoms. The summed E-state index contributed by atoms with van der Waals surface area (Å²) in [6.45, 7) is 12.8. The number of rotatable bonds is 12. The zero-order valence-electron chi connectivity index (χ0n) is 21.8. The van der Waals surface area contributed by atoms with Crippen molar-refractivity contribution in [3.63, 3.8) is 0 Å². The summed E-state index contributed by atoms with van der Waals surface area (Å²) in [5, 5.41) is 10.5.